The van der Waals surface area contributed by atoms with Crippen LogP contribution in [-0.4, -0.2) is 71.1 Å². The summed E-state index contributed by atoms with van der Waals surface area (Å²) in [6, 6.07) is 5.72. The minimum Gasteiger partial charge on any atom is -0.383 e. The molecule has 0 radical (unpaired) electrons. The lowest BCUT2D eigenvalue weighted by atomic mass is 9.79. The number of rotatable bonds is 4. The Kier molecular flexibility index (Phi) is 4.86. The summed E-state index contributed by atoms with van der Waals surface area (Å²) < 4.78 is 6.85. The molecule has 0 aromatic carbocycles. The van der Waals surface area contributed by atoms with Crippen LogP contribution in [-0.2, 0) is 9.53 Å². The van der Waals surface area contributed by atoms with E-state index in [1.807, 2.05) is 34.2 Å². The van der Waals surface area contributed by atoms with Crippen molar-refractivity contribution in [1.29, 1.82) is 0 Å². The van der Waals surface area contributed by atoms with Crippen LogP contribution in [0.15, 0.2) is 30.6 Å². The van der Waals surface area contributed by atoms with E-state index in [-0.39, 0.29) is 17.2 Å². The summed E-state index contributed by atoms with van der Waals surface area (Å²) in [7, 11) is 1.66. The maximum absolute atomic E-state index is 13.1. The van der Waals surface area contributed by atoms with E-state index in [2.05, 4.69) is 5.10 Å². The number of hydrogen-bond donors (Lipinski definition) is 0. The molecule has 0 aliphatic carbocycles. The van der Waals surface area contributed by atoms with Gasteiger partial charge in [0.05, 0.1) is 29.3 Å². The van der Waals surface area contributed by atoms with E-state index in [9.17, 15) is 9.59 Å². The van der Waals surface area contributed by atoms with Crippen molar-refractivity contribution >= 4 is 17.3 Å². The number of nitrogens with zero attached hydrogens (tertiary/aromatic N) is 4. The Morgan fingerprint density at radius 2 is 2.07 bits per heavy atom. The number of carbonyl (C=O) groups excluding carboxylic acids is 2. The fourth-order valence-corrected chi connectivity index (χ4v) is 4.44. The first-order chi connectivity index (χ1) is 13.1. The lowest BCUT2D eigenvalue weighted by Crippen LogP contribution is -2.37. The van der Waals surface area contributed by atoms with Crippen molar-refractivity contribution in [3.63, 3.8) is 0 Å². The zero-order valence-electron chi connectivity index (χ0n) is 15.8. The van der Waals surface area contributed by atoms with Gasteiger partial charge in [-0.2, -0.15) is 5.10 Å². The summed E-state index contributed by atoms with van der Waals surface area (Å²) in [5.41, 5.74) is 1.15. The van der Waals surface area contributed by atoms with Crippen LogP contribution in [0, 0.1) is 5.41 Å². The summed E-state index contributed by atoms with van der Waals surface area (Å²) in [5.74, 6) is 0.250. The fourth-order valence-electron chi connectivity index (χ4n) is 4.44. The Hall–Kier alpha value is -2.41. The fraction of sp³-hybridized carbons (Fsp3) is 0.550. The topological polar surface area (TPSA) is 67.2 Å². The minimum absolute atomic E-state index is 0.00920. The predicted molar refractivity (Wildman–Crippen MR) is 100 cm³/mol. The van der Waals surface area contributed by atoms with Gasteiger partial charge in [0.25, 0.3) is 5.91 Å². The van der Waals surface area contributed by atoms with Crippen LogP contribution in [0.1, 0.15) is 36.0 Å². The van der Waals surface area contributed by atoms with Crippen molar-refractivity contribution in [2.24, 2.45) is 5.41 Å². The van der Waals surface area contributed by atoms with Crippen LogP contribution in [0.4, 0.5) is 0 Å². The number of pyridine rings is 1. The van der Waals surface area contributed by atoms with Gasteiger partial charge in [-0.15, -0.1) is 0 Å². The molecule has 1 unspecified atom stereocenters. The van der Waals surface area contributed by atoms with Gasteiger partial charge in [0.2, 0.25) is 5.91 Å². The molecule has 2 aromatic heterocycles. The zero-order chi connectivity index (χ0) is 18.9. The molecule has 4 rings (SSSR count). The van der Waals surface area contributed by atoms with Crippen LogP contribution < -0.4 is 0 Å². The van der Waals surface area contributed by atoms with E-state index < -0.39 is 0 Å². The van der Waals surface area contributed by atoms with E-state index in [1.54, 1.807) is 17.8 Å². The van der Waals surface area contributed by atoms with E-state index in [0.717, 1.165) is 37.7 Å². The average molecular weight is 370 g/mol. The lowest BCUT2D eigenvalue weighted by molar-refractivity contribution is -0.137. The molecule has 2 aliphatic rings. The molecule has 0 N–H and O–H groups in total. The van der Waals surface area contributed by atoms with Gasteiger partial charge < -0.3 is 14.5 Å². The molecule has 144 valence electrons. The van der Waals surface area contributed by atoms with E-state index in [1.165, 1.54) is 0 Å². The van der Waals surface area contributed by atoms with Crippen molar-refractivity contribution in [2.75, 3.05) is 39.9 Å². The number of amides is 2. The number of ether oxygens (including phenoxy) is 1. The lowest BCUT2D eigenvalue weighted by Gasteiger charge is -2.26. The Labute approximate surface area is 158 Å². The summed E-state index contributed by atoms with van der Waals surface area (Å²) in [6.07, 6.45) is 6.82. The number of fused-ring (bicyclic) bond motifs is 1. The van der Waals surface area contributed by atoms with Crippen molar-refractivity contribution in [1.82, 2.24) is 19.4 Å². The number of methoxy groups -OCH3 is 1. The number of carbonyl (C=O) groups is 2. The normalized spacial score (nSPS) is 23.4. The van der Waals surface area contributed by atoms with Gasteiger partial charge in [-0.25, -0.2) is 4.52 Å². The Balaban J connectivity index is 1.47. The maximum atomic E-state index is 13.1. The monoisotopic (exact) mass is 370 g/mol. The van der Waals surface area contributed by atoms with Crippen LogP contribution in [0.3, 0.4) is 0 Å². The van der Waals surface area contributed by atoms with Gasteiger partial charge in [0.1, 0.15) is 0 Å². The van der Waals surface area contributed by atoms with Gasteiger partial charge >= 0.3 is 0 Å². The van der Waals surface area contributed by atoms with Gasteiger partial charge in [-0.05, 0) is 37.8 Å². The number of aromatic nitrogens is 2. The van der Waals surface area contributed by atoms with Crippen LogP contribution in [0.25, 0.3) is 5.52 Å². The van der Waals surface area contributed by atoms with Gasteiger partial charge in [0.15, 0.2) is 0 Å². The van der Waals surface area contributed by atoms with Gasteiger partial charge in [-0.1, -0.05) is 6.07 Å². The second kappa shape index (κ2) is 7.31. The molecule has 7 heteroatoms. The van der Waals surface area contributed by atoms with Crippen LogP contribution in [0.2, 0.25) is 0 Å². The third kappa shape index (κ3) is 3.20. The Morgan fingerprint density at radius 1 is 1.22 bits per heavy atom. The van der Waals surface area contributed by atoms with E-state index in [0.29, 0.717) is 31.8 Å². The van der Waals surface area contributed by atoms with Crippen LogP contribution >= 0.6 is 0 Å². The SMILES string of the molecule is COCCN1CCC2(CCCN(C(=O)c3cnn4ccccc34)CC2)C1=O. The molecule has 2 amide bonds. The molecule has 1 atom stereocenters. The number of hydrogen-bond acceptors (Lipinski definition) is 4. The van der Waals surface area contributed by atoms with Gasteiger partial charge in [-0.3, -0.25) is 9.59 Å². The van der Waals surface area contributed by atoms with Crippen LogP contribution in [0.5, 0.6) is 0 Å². The molecule has 27 heavy (non-hydrogen) atoms. The minimum atomic E-state index is -0.302. The highest BCUT2D eigenvalue weighted by Crippen LogP contribution is 2.41. The average Bonchev–Trinajstić information content (AvgIpc) is 3.16. The highest BCUT2D eigenvalue weighted by Gasteiger charge is 2.47. The third-order valence-corrected chi connectivity index (χ3v) is 6.05. The Bertz CT molecular complexity index is 849. The third-order valence-electron chi connectivity index (χ3n) is 6.05. The maximum Gasteiger partial charge on any atom is 0.257 e. The first-order valence-corrected chi connectivity index (χ1v) is 9.65. The van der Waals surface area contributed by atoms with Crippen molar-refractivity contribution in [2.45, 2.75) is 25.7 Å². The van der Waals surface area contributed by atoms with Crippen molar-refractivity contribution < 1.29 is 14.3 Å². The zero-order valence-corrected chi connectivity index (χ0v) is 15.8. The second-order valence-corrected chi connectivity index (χ2v) is 7.55. The smallest absolute Gasteiger partial charge is 0.257 e. The molecule has 1 spiro atoms. The van der Waals surface area contributed by atoms with Crippen molar-refractivity contribution in [3.05, 3.63) is 36.2 Å². The quantitative estimate of drug-likeness (QED) is 0.823. The Morgan fingerprint density at radius 3 is 2.93 bits per heavy atom. The molecule has 2 fully saturated rings. The van der Waals surface area contributed by atoms with E-state index in [4.69, 9.17) is 4.74 Å². The summed E-state index contributed by atoms with van der Waals surface area (Å²) in [5, 5.41) is 4.28. The molecular weight excluding hydrogens is 344 g/mol. The second-order valence-electron chi connectivity index (χ2n) is 7.55. The van der Waals surface area contributed by atoms with Gasteiger partial charge in [0, 0.05) is 39.5 Å². The summed E-state index contributed by atoms with van der Waals surface area (Å²) in [4.78, 5) is 29.9. The summed E-state index contributed by atoms with van der Waals surface area (Å²) >= 11 is 0. The van der Waals surface area contributed by atoms with Crippen molar-refractivity contribution in [3.8, 4) is 0 Å². The first-order valence-electron chi connectivity index (χ1n) is 9.65. The highest BCUT2D eigenvalue weighted by molar-refractivity contribution is 6.00. The molecule has 4 heterocycles. The summed E-state index contributed by atoms with van der Waals surface area (Å²) in [6.45, 7) is 3.33. The largest absolute Gasteiger partial charge is 0.383 e. The molecule has 0 bridgehead atoms. The number of likely N-dealkylation sites (tertiary alicyclic amines) is 2. The molecular formula is C20H26N4O3. The molecule has 2 aromatic rings. The molecule has 2 saturated heterocycles. The highest BCUT2D eigenvalue weighted by atomic mass is 16.5. The molecule has 7 nitrogen and oxygen atoms in total. The van der Waals surface area contributed by atoms with E-state index >= 15 is 0 Å². The first kappa shape index (κ1) is 18.0. The predicted octanol–water partition coefficient (Wildman–Crippen LogP) is 1.83. The molecule has 2 aliphatic heterocycles. The standard InChI is InChI=1S/C20H26N4O3/c1-27-14-13-23-12-8-20(19(23)26)6-4-9-22(11-7-20)18(25)16-15-21-24-10-3-2-5-17(16)24/h2-3,5,10,15H,4,6-9,11-14H2,1H3. The molecule has 0 saturated carbocycles.